The summed E-state index contributed by atoms with van der Waals surface area (Å²) in [7, 11) is 0. The first-order valence-electron chi connectivity index (χ1n) is 10.3. The van der Waals surface area contributed by atoms with Crippen LogP contribution in [0.3, 0.4) is 0 Å². The number of piperazine rings is 1. The second-order valence-electron chi connectivity index (χ2n) is 9.29. The van der Waals surface area contributed by atoms with Crippen molar-refractivity contribution in [2.75, 3.05) is 44.2 Å². The molecule has 0 amide bonds. The van der Waals surface area contributed by atoms with Gasteiger partial charge in [-0.15, -0.1) is 0 Å². The number of nitrogens with zero attached hydrogens (tertiary/aromatic N) is 2. The van der Waals surface area contributed by atoms with E-state index in [4.69, 9.17) is 4.74 Å². The maximum absolute atomic E-state index is 13.1. The second-order valence-corrected chi connectivity index (χ2v) is 9.29. The molecule has 4 nitrogen and oxygen atoms in total. The van der Waals surface area contributed by atoms with Crippen molar-refractivity contribution in [1.82, 2.24) is 4.90 Å². The highest BCUT2D eigenvalue weighted by Crippen LogP contribution is 2.39. The molecule has 1 aromatic carbocycles. The van der Waals surface area contributed by atoms with Gasteiger partial charge in [0.25, 0.3) is 0 Å². The summed E-state index contributed by atoms with van der Waals surface area (Å²) in [5, 5.41) is 10.4. The molecule has 27 heavy (non-hydrogen) atoms. The highest BCUT2D eigenvalue weighted by atomic mass is 19.1. The number of aliphatic hydroxyl groups is 1. The fourth-order valence-electron chi connectivity index (χ4n) is 4.82. The van der Waals surface area contributed by atoms with Crippen LogP contribution in [0.4, 0.5) is 10.1 Å². The van der Waals surface area contributed by atoms with Crippen molar-refractivity contribution in [2.24, 2.45) is 11.3 Å². The van der Waals surface area contributed by atoms with Gasteiger partial charge < -0.3 is 14.7 Å². The molecule has 0 radical (unpaired) electrons. The van der Waals surface area contributed by atoms with Gasteiger partial charge in [0.05, 0.1) is 18.8 Å². The zero-order valence-corrected chi connectivity index (χ0v) is 17.0. The van der Waals surface area contributed by atoms with E-state index in [9.17, 15) is 9.50 Å². The number of rotatable bonds is 6. The quantitative estimate of drug-likeness (QED) is 0.821. The molecule has 1 aliphatic heterocycles. The van der Waals surface area contributed by atoms with Crippen LogP contribution in [0.2, 0.25) is 0 Å². The van der Waals surface area contributed by atoms with Crippen LogP contribution in [0.1, 0.15) is 40.0 Å². The number of hydrogen-bond acceptors (Lipinski definition) is 4. The Bertz CT molecular complexity index is 584. The lowest BCUT2D eigenvalue weighted by atomic mass is 9.71. The van der Waals surface area contributed by atoms with Gasteiger partial charge >= 0.3 is 0 Å². The second kappa shape index (κ2) is 8.89. The third-order valence-electron chi connectivity index (χ3n) is 5.90. The minimum atomic E-state index is -0.442. The number of ether oxygens (including phenoxy) is 1. The molecule has 1 saturated heterocycles. The Balaban J connectivity index is 1.38. The standard InChI is InChI=1S/C22H35FN2O2/c1-17-12-21(14-22(2,3)13-17)27-16-20(26)15-24-8-10-25(11-9-24)19-6-4-18(23)5-7-19/h4-7,17,20-21,26H,8-16H2,1-3H3/t17-,20+,21-/m1/s1. The molecule has 1 saturated carbocycles. The molecule has 3 rings (SSSR count). The van der Waals surface area contributed by atoms with Gasteiger partial charge in [-0.25, -0.2) is 4.39 Å². The van der Waals surface area contributed by atoms with Crippen LogP contribution in [0.5, 0.6) is 0 Å². The monoisotopic (exact) mass is 378 g/mol. The van der Waals surface area contributed by atoms with E-state index in [1.54, 1.807) is 0 Å². The van der Waals surface area contributed by atoms with Gasteiger partial charge in [-0.2, -0.15) is 0 Å². The first kappa shape index (κ1) is 20.6. The number of β-amino-alcohol motifs (C(OH)–C–C–N with tert-alkyl or cyclic N) is 1. The van der Waals surface area contributed by atoms with Gasteiger partial charge in [-0.05, 0) is 54.9 Å². The van der Waals surface area contributed by atoms with E-state index in [0.717, 1.165) is 44.7 Å². The molecule has 1 aromatic rings. The predicted octanol–water partition coefficient (Wildman–Crippen LogP) is 3.54. The zero-order valence-electron chi connectivity index (χ0n) is 17.0. The summed E-state index contributed by atoms with van der Waals surface area (Å²) in [6.07, 6.45) is 3.28. The van der Waals surface area contributed by atoms with Crippen LogP contribution >= 0.6 is 0 Å². The minimum Gasteiger partial charge on any atom is -0.389 e. The van der Waals surface area contributed by atoms with Crippen molar-refractivity contribution in [1.29, 1.82) is 0 Å². The Hall–Kier alpha value is -1.17. The molecule has 0 bridgehead atoms. The zero-order chi connectivity index (χ0) is 19.4. The van der Waals surface area contributed by atoms with Crippen LogP contribution in [-0.4, -0.2) is 61.5 Å². The van der Waals surface area contributed by atoms with E-state index in [2.05, 4.69) is 30.6 Å². The molecular weight excluding hydrogens is 343 g/mol. The molecule has 5 heteroatoms. The van der Waals surface area contributed by atoms with Crippen molar-refractivity contribution in [3.05, 3.63) is 30.1 Å². The van der Waals surface area contributed by atoms with Crippen LogP contribution in [0, 0.1) is 17.2 Å². The molecule has 3 atom stereocenters. The molecule has 0 unspecified atom stereocenters. The Morgan fingerprint density at radius 1 is 1.15 bits per heavy atom. The molecule has 2 fully saturated rings. The molecule has 1 aliphatic carbocycles. The lowest BCUT2D eigenvalue weighted by Crippen LogP contribution is -2.49. The van der Waals surface area contributed by atoms with Crippen molar-refractivity contribution >= 4 is 5.69 Å². The Morgan fingerprint density at radius 2 is 1.81 bits per heavy atom. The Morgan fingerprint density at radius 3 is 2.44 bits per heavy atom. The molecule has 0 spiro atoms. The van der Waals surface area contributed by atoms with Gasteiger partial charge in [-0.3, -0.25) is 4.90 Å². The lowest BCUT2D eigenvalue weighted by molar-refractivity contribution is -0.0615. The Labute approximate surface area is 163 Å². The molecular formula is C22H35FN2O2. The molecule has 0 aromatic heterocycles. The summed E-state index contributed by atoms with van der Waals surface area (Å²) in [5.41, 5.74) is 1.40. The van der Waals surface area contributed by atoms with Gasteiger partial charge in [0.1, 0.15) is 5.82 Å². The SMILES string of the molecule is C[C@@H]1C[C@@H](OC[C@@H](O)CN2CCN(c3ccc(F)cc3)CC2)CC(C)(C)C1. The van der Waals surface area contributed by atoms with E-state index >= 15 is 0 Å². The van der Waals surface area contributed by atoms with Crippen LogP contribution in [0.15, 0.2) is 24.3 Å². The smallest absolute Gasteiger partial charge is 0.123 e. The number of aliphatic hydroxyl groups excluding tert-OH is 1. The van der Waals surface area contributed by atoms with E-state index in [0.29, 0.717) is 24.5 Å². The highest BCUT2D eigenvalue weighted by Gasteiger charge is 2.32. The summed E-state index contributed by atoms with van der Waals surface area (Å²) in [4.78, 5) is 4.56. The van der Waals surface area contributed by atoms with Gasteiger partial charge in [0.15, 0.2) is 0 Å². The van der Waals surface area contributed by atoms with Crippen molar-refractivity contribution < 1.29 is 14.2 Å². The summed E-state index contributed by atoms with van der Waals surface area (Å²) < 4.78 is 19.1. The fourth-order valence-corrected chi connectivity index (χ4v) is 4.82. The number of anilines is 1. The van der Waals surface area contributed by atoms with E-state index < -0.39 is 6.10 Å². The summed E-state index contributed by atoms with van der Waals surface area (Å²) in [6.45, 7) is 11.6. The van der Waals surface area contributed by atoms with E-state index in [1.807, 2.05) is 12.1 Å². The lowest BCUT2D eigenvalue weighted by Gasteiger charge is -2.39. The van der Waals surface area contributed by atoms with Crippen LogP contribution in [-0.2, 0) is 4.74 Å². The van der Waals surface area contributed by atoms with Crippen molar-refractivity contribution in [3.63, 3.8) is 0 Å². The summed E-state index contributed by atoms with van der Waals surface area (Å²) in [6, 6.07) is 6.69. The number of benzene rings is 1. The normalized spacial score (nSPS) is 27.5. The molecule has 152 valence electrons. The minimum absolute atomic E-state index is 0.198. The Kier molecular flexibility index (Phi) is 6.77. The van der Waals surface area contributed by atoms with Gasteiger partial charge in [0.2, 0.25) is 0 Å². The number of halogens is 1. The maximum atomic E-state index is 13.1. The van der Waals surface area contributed by atoms with E-state index in [1.165, 1.54) is 18.6 Å². The molecule has 2 aliphatic rings. The third kappa shape index (κ3) is 6.16. The van der Waals surface area contributed by atoms with Crippen LogP contribution < -0.4 is 4.90 Å². The van der Waals surface area contributed by atoms with Gasteiger partial charge in [-0.1, -0.05) is 20.8 Å². The first-order valence-corrected chi connectivity index (χ1v) is 10.3. The topological polar surface area (TPSA) is 35.9 Å². The third-order valence-corrected chi connectivity index (χ3v) is 5.90. The number of hydrogen-bond donors (Lipinski definition) is 1. The largest absolute Gasteiger partial charge is 0.389 e. The average Bonchev–Trinajstić information content (AvgIpc) is 2.60. The van der Waals surface area contributed by atoms with Crippen molar-refractivity contribution in [2.45, 2.75) is 52.2 Å². The molecule has 1 heterocycles. The first-order chi connectivity index (χ1) is 12.8. The van der Waals surface area contributed by atoms with E-state index in [-0.39, 0.29) is 11.9 Å². The predicted molar refractivity (Wildman–Crippen MR) is 108 cm³/mol. The maximum Gasteiger partial charge on any atom is 0.123 e. The highest BCUT2D eigenvalue weighted by molar-refractivity contribution is 5.46. The van der Waals surface area contributed by atoms with Crippen LogP contribution in [0.25, 0.3) is 0 Å². The fraction of sp³-hybridized carbons (Fsp3) is 0.727. The summed E-state index contributed by atoms with van der Waals surface area (Å²) >= 11 is 0. The van der Waals surface area contributed by atoms with Crippen molar-refractivity contribution in [3.8, 4) is 0 Å². The molecule has 1 N–H and O–H groups in total. The average molecular weight is 379 g/mol. The van der Waals surface area contributed by atoms with Gasteiger partial charge in [0, 0.05) is 38.4 Å². The summed E-state index contributed by atoms with van der Waals surface area (Å²) in [5.74, 6) is 0.492.